The second-order valence-corrected chi connectivity index (χ2v) is 5.93. The molecule has 0 amide bonds. The summed E-state index contributed by atoms with van der Waals surface area (Å²) in [6.45, 7) is 1.98. The maximum atomic E-state index is 12.1. The van der Waals surface area contributed by atoms with E-state index in [0.717, 1.165) is 16.0 Å². The van der Waals surface area contributed by atoms with Crippen molar-refractivity contribution in [2.24, 2.45) is 0 Å². The first kappa shape index (κ1) is 13.5. The Morgan fingerprint density at radius 1 is 1.24 bits per heavy atom. The van der Waals surface area contributed by atoms with E-state index in [1.165, 1.54) is 0 Å². The number of rotatable bonds is 3. The largest absolute Gasteiger partial charge is 0.359 e. The Balaban J connectivity index is 1.85. The highest BCUT2D eigenvalue weighted by Crippen LogP contribution is 2.14. The van der Waals surface area contributed by atoms with Crippen LogP contribution < -0.4 is 4.90 Å². The van der Waals surface area contributed by atoms with Crippen LogP contribution in [0.15, 0.2) is 57.4 Å². The van der Waals surface area contributed by atoms with Gasteiger partial charge in [0.1, 0.15) is 0 Å². The van der Waals surface area contributed by atoms with Crippen molar-refractivity contribution in [2.75, 3.05) is 0 Å². The van der Waals surface area contributed by atoms with E-state index in [1.54, 1.807) is 29.7 Å². The van der Waals surface area contributed by atoms with Gasteiger partial charge in [-0.25, -0.2) is 4.21 Å². The van der Waals surface area contributed by atoms with Crippen LogP contribution in [-0.2, 0) is 10.8 Å². The van der Waals surface area contributed by atoms with Crippen LogP contribution in [0.4, 0.5) is 0 Å². The van der Waals surface area contributed by atoms with Gasteiger partial charge >= 0.3 is 0 Å². The van der Waals surface area contributed by atoms with Crippen molar-refractivity contribution in [3.05, 3.63) is 64.2 Å². The van der Waals surface area contributed by atoms with Crippen LogP contribution in [0.3, 0.4) is 0 Å². The number of aryl methyl sites for hydroxylation is 1. The quantitative estimate of drug-likeness (QED) is 0.697. The molecule has 1 unspecified atom stereocenters. The zero-order valence-corrected chi connectivity index (χ0v) is 12.0. The third-order valence-electron chi connectivity index (χ3n) is 3.05. The van der Waals surface area contributed by atoms with E-state index in [4.69, 9.17) is 0 Å². The van der Waals surface area contributed by atoms with Gasteiger partial charge in [-0.05, 0) is 41.7 Å². The van der Waals surface area contributed by atoms with E-state index >= 15 is 0 Å². The Morgan fingerprint density at radius 2 is 2.00 bits per heavy atom. The van der Waals surface area contributed by atoms with Crippen LogP contribution in [-0.4, -0.2) is 9.37 Å². The second kappa shape index (κ2) is 5.49. The van der Waals surface area contributed by atoms with Crippen LogP contribution in [0, 0.1) is 12.1 Å². The lowest BCUT2D eigenvalue weighted by molar-refractivity contribution is -0.782. The van der Waals surface area contributed by atoms with Gasteiger partial charge in [0.15, 0.2) is 0 Å². The zero-order chi connectivity index (χ0) is 14.8. The molecule has 0 fully saturated rings. The van der Waals surface area contributed by atoms with Gasteiger partial charge in [0, 0.05) is 21.5 Å². The van der Waals surface area contributed by atoms with E-state index in [2.05, 4.69) is 9.79 Å². The van der Waals surface area contributed by atoms with Crippen molar-refractivity contribution in [1.29, 1.82) is 0 Å². The lowest BCUT2D eigenvalue weighted by atomic mass is 10.2. The van der Waals surface area contributed by atoms with Crippen molar-refractivity contribution in [1.82, 2.24) is 5.16 Å². The molecule has 1 atom stereocenters. The first-order valence-electron chi connectivity index (χ1n) is 6.28. The number of nitrogens with zero attached hydrogens (tertiary/aromatic N) is 2. The standard InChI is InChI=1S/C15H12N2O3S/c1-11-2-5-13(6-3-11)21(19)9-8-12-4-7-14-15(10-12)17(18)20-16-14/h2-10H,1H3/b9-8-. The molecule has 21 heavy (non-hydrogen) atoms. The van der Waals surface area contributed by atoms with Crippen molar-refractivity contribution < 1.29 is 13.7 Å². The van der Waals surface area contributed by atoms with Gasteiger partial charge < -0.3 is 5.21 Å². The van der Waals surface area contributed by atoms with Gasteiger partial charge in [0.2, 0.25) is 11.0 Å². The minimum absolute atomic E-state index is 0.346. The fourth-order valence-corrected chi connectivity index (χ4v) is 2.73. The third kappa shape index (κ3) is 2.85. The van der Waals surface area contributed by atoms with Gasteiger partial charge in [-0.3, -0.25) is 4.63 Å². The average molecular weight is 300 g/mol. The zero-order valence-electron chi connectivity index (χ0n) is 11.2. The summed E-state index contributed by atoms with van der Waals surface area (Å²) in [5.74, 6) is 0. The lowest BCUT2D eigenvalue weighted by Gasteiger charge is -1.97. The molecule has 3 aromatic rings. The molecule has 1 aromatic heterocycles. The molecule has 5 nitrogen and oxygen atoms in total. The highest BCUT2D eigenvalue weighted by atomic mass is 32.2. The van der Waals surface area contributed by atoms with E-state index < -0.39 is 10.8 Å². The molecule has 106 valence electrons. The molecule has 0 N–H and O–H groups in total. The van der Waals surface area contributed by atoms with Crippen molar-refractivity contribution in [3.63, 3.8) is 0 Å². The molecule has 0 bridgehead atoms. The van der Waals surface area contributed by atoms with E-state index in [9.17, 15) is 9.42 Å². The molecular formula is C15H12N2O3S. The maximum Gasteiger partial charge on any atom is 0.248 e. The number of benzene rings is 2. The summed E-state index contributed by atoms with van der Waals surface area (Å²) < 4.78 is 16.6. The van der Waals surface area contributed by atoms with Crippen LogP contribution in [0.5, 0.6) is 0 Å². The summed E-state index contributed by atoms with van der Waals surface area (Å²) in [4.78, 5) is 1.09. The third-order valence-corrected chi connectivity index (χ3v) is 4.17. The fourth-order valence-electron chi connectivity index (χ4n) is 1.88. The van der Waals surface area contributed by atoms with Crippen molar-refractivity contribution in [2.45, 2.75) is 11.8 Å². The highest BCUT2D eigenvalue weighted by Gasteiger charge is 2.08. The van der Waals surface area contributed by atoms with Crippen molar-refractivity contribution in [3.8, 4) is 0 Å². The Kier molecular flexibility index (Phi) is 3.53. The SMILES string of the molecule is Cc1ccc(S(=O)/C=C\c2ccc3no[n+]([O-])c3c2)cc1. The molecule has 2 aromatic carbocycles. The second-order valence-electron chi connectivity index (χ2n) is 4.59. The monoisotopic (exact) mass is 300 g/mol. The minimum atomic E-state index is -1.23. The molecule has 0 saturated heterocycles. The Hall–Kier alpha value is -2.47. The highest BCUT2D eigenvalue weighted by molar-refractivity contribution is 7.88. The molecule has 0 radical (unpaired) electrons. The Labute approximate surface area is 123 Å². The first-order chi connectivity index (χ1) is 10.1. The number of hydrogen-bond donors (Lipinski definition) is 0. The first-order valence-corrected chi connectivity index (χ1v) is 7.50. The number of aromatic nitrogens is 2. The summed E-state index contributed by atoms with van der Waals surface area (Å²) >= 11 is 0. The molecule has 3 rings (SSSR count). The summed E-state index contributed by atoms with van der Waals surface area (Å²) in [5, 5.41) is 16.5. The predicted octanol–water partition coefficient (Wildman–Crippen LogP) is 2.55. The van der Waals surface area contributed by atoms with Gasteiger partial charge in [0.05, 0.1) is 10.8 Å². The number of hydrogen-bond acceptors (Lipinski definition) is 4. The molecule has 0 saturated carbocycles. The summed E-state index contributed by atoms with van der Waals surface area (Å²) in [6.07, 6.45) is 1.71. The fraction of sp³-hybridized carbons (Fsp3) is 0.0667. The minimum Gasteiger partial charge on any atom is -0.359 e. The van der Waals surface area contributed by atoms with Crippen LogP contribution in [0.25, 0.3) is 17.1 Å². The van der Waals surface area contributed by atoms with Gasteiger partial charge in [-0.2, -0.15) is 0 Å². The molecular weight excluding hydrogens is 288 g/mol. The van der Waals surface area contributed by atoms with Gasteiger partial charge in [0.25, 0.3) is 0 Å². The normalized spacial score (nSPS) is 13.0. The van der Waals surface area contributed by atoms with Crippen LogP contribution >= 0.6 is 0 Å². The average Bonchev–Trinajstić information content (AvgIpc) is 2.87. The molecule has 0 spiro atoms. The summed E-state index contributed by atoms with van der Waals surface area (Å²) in [5.41, 5.74) is 2.72. The smallest absolute Gasteiger partial charge is 0.248 e. The Morgan fingerprint density at radius 3 is 2.76 bits per heavy atom. The molecule has 6 heteroatoms. The van der Waals surface area contributed by atoms with E-state index in [0.29, 0.717) is 15.9 Å². The molecule has 0 aliphatic heterocycles. The molecule has 0 aliphatic rings. The lowest BCUT2D eigenvalue weighted by Crippen LogP contribution is -2.22. The van der Waals surface area contributed by atoms with E-state index in [-0.39, 0.29) is 0 Å². The van der Waals surface area contributed by atoms with E-state index in [1.807, 2.05) is 31.2 Å². The Bertz CT molecular complexity index is 838. The number of fused-ring (bicyclic) bond motifs is 1. The molecule has 0 aliphatic carbocycles. The van der Waals surface area contributed by atoms with Crippen molar-refractivity contribution >= 4 is 27.9 Å². The summed E-state index contributed by atoms with van der Waals surface area (Å²) in [7, 11) is -1.23. The summed E-state index contributed by atoms with van der Waals surface area (Å²) in [6, 6.07) is 12.6. The van der Waals surface area contributed by atoms with Gasteiger partial charge in [-0.15, -0.1) is 0 Å². The predicted molar refractivity (Wildman–Crippen MR) is 79.6 cm³/mol. The van der Waals surface area contributed by atoms with Crippen LogP contribution in [0.2, 0.25) is 0 Å². The topological polar surface area (TPSA) is 70.0 Å². The molecule has 1 heterocycles. The van der Waals surface area contributed by atoms with Crippen LogP contribution in [0.1, 0.15) is 11.1 Å². The maximum absolute atomic E-state index is 12.1. The van der Waals surface area contributed by atoms with Gasteiger partial charge in [-0.1, -0.05) is 23.8 Å².